The Kier molecular flexibility index (Phi) is 6.21. The Labute approximate surface area is 146 Å². The van der Waals surface area contributed by atoms with Crippen LogP contribution in [0.3, 0.4) is 0 Å². The van der Waals surface area contributed by atoms with Crippen LogP contribution in [0.25, 0.3) is 0 Å². The van der Waals surface area contributed by atoms with E-state index in [1.807, 2.05) is 13.8 Å². The monoisotopic (exact) mass is 349 g/mol. The number of urea groups is 1. The van der Waals surface area contributed by atoms with Crippen LogP contribution in [0.1, 0.15) is 26.7 Å². The van der Waals surface area contributed by atoms with Gasteiger partial charge in [0.2, 0.25) is 5.91 Å². The van der Waals surface area contributed by atoms with Gasteiger partial charge in [0.1, 0.15) is 11.8 Å². The van der Waals surface area contributed by atoms with Crippen LogP contribution in [0.5, 0.6) is 5.75 Å². The molecule has 1 aromatic rings. The molecule has 0 aliphatic carbocycles. The Morgan fingerprint density at radius 3 is 2.80 bits per heavy atom. The van der Waals surface area contributed by atoms with E-state index >= 15 is 0 Å². The van der Waals surface area contributed by atoms with Crippen LogP contribution >= 0.6 is 0 Å². The van der Waals surface area contributed by atoms with Gasteiger partial charge in [0, 0.05) is 24.3 Å². The molecule has 3 N–H and O–H groups in total. The number of carbonyl (C=O) groups is 3. The summed E-state index contributed by atoms with van der Waals surface area (Å²) in [5, 5.41) is 14.2. The largest absolute Gasteiger partial charge is 0.482 e. The van der Waals surface area contributed by atoms with Crippen molar-refractivity contribution in [3.63, 3.8) is 0 Å². The zero-order chi connectivity index (χ0) is 18.4. The molecule has 0 radical (unpaired) electrons. The van der Waals surface area contributed by atoms with Crippen molar-refractivity contribution in [1.82, 2.24) is 10.2 Å². The molecule has 0 spiro atoms. The number of ether oxygens (including phenoxy) is 1. The number of rotatable bonds is 6. The van der Waals surface area contributed by atoms with E-state index in [0.29, 0.717) is 24.4 Å². The number of carbonyl (C=O) groups excluding carboxylic acids is 2. The van der Waals surface area contributed by atoms with Gasteiger partial charge in [-0.2, -0.15) is 0 Å². The minimum atomic E-state index is -1.08. The third-order valence-corrected chi connectivity index (χ3v) is 3.69. The molecule has 0 aromatic heterocycles. The normalized spacial score (nSPS) is 16.6. The average molecular weight is 349 g/mol. The Morgan fingerprint density at radius 1 is 1.36 bits per heavy atom. The maximum absolute atomic E-state index is 12.5. The summed E-state index contributed by atoms with van der Waals surface area (Å²) in [5.74, 6) is -1.000. The summed E-state index contributed by atoms with van der Waals surface area (Å²) < 4.78 is 5.09. The van der Waals surface area contributed by atoms with Crippen molar-refractivity contribution in [1.29, 1.82) is 0 Å². The molecule has 1 aliphatic rings. The first kappa shape index (κ1) is 18.6. The first-order valence-corrected chi connectivity index (χ1v) is 8.19. The minimum Gasteiger partial charge on any atom is -0.482 e. The molecule has 1 saturated heterocycles. The first-order chi connectivity index (χ1) is 11.9. The van der Waals surface area contributed by atoms with Crippen LogP contribution in [0.4, 0.5) is 10.5 Å². The lowest BCUT2D eigenvalue weighted by molar-refractivity contribution is -0.139. The van der Waals surface area contributed by atoms with Crippen molar-refractivity contribution >= 4 is 23.6 Å². The number of hydrogen-bond acceptors (Lipinski definition) is 4. The van der Waals surface area contributed by atoms with Gasteiger partial charge in [0.25, 0.3) is 0 Å². The van der Waals surface area contributed by atoms with Crippen LogP contribution in [0.15, 0.2) is 24.3 Å². The summed E-state index contributed by atoms with van der Waals surface area (Å²) >= 11 is 0. The van der Waals surface area contributed by atoms with E-state index in [2.05, 4.69) is 10.6 Å². The van der Waals surface area contributed by atoms with E-state index in [9.17, 15) is 14.4 Å². The third kappa shape index (κ3) is 5.37. The lowest BCUT2D eigenvalue weighted by atomic mass is 10.2. The van der Waals surface area contributed by atoms with Gasteiger partial charge in [0.15, 0.2) is 6.61 Å². The van der Waals surface area contributed by atoms with Crippen LogP contribution in [-0.2, 0) is 9.59 Å². The van der Waals surface area contributed by atoms with Gasteiger partial charge in [0.05, 0.1) is 0 Å². The van der Waals surface area contributed by atoms with E-state index in [1.54, 1.807) is 29.2 Å². The van der Waals surface area contributed by atoms with Gasteiger partial charge in [-0.25, -0.2) is 9.59 Å². The van der Waals surface area contributed by atoms with Gasteiger partial charge in [-0.3, -0.25) is 4.79 Å². The maximum Gasteiger partial charge on any atom is 0.341 e. The van der Waals surface area contributed by atoms with Gasteiger partial charge in [-0.1, -0.05) is 6.07 Å². The van der Waals surface area contributed by atoms with Crippen molar-refractivity contribution in [3.8, 4) is 5.75 Å². The standard InChI is InChI=1S/C17H23N3O5/c1-11(2)18-17(24)20-8-4-7-14(20)16(23)19-12-5-3-6-13(9-12)25-10-15(21)22/h3,5-6,9,11,14H,4,7-8,10H2,1-2H3,(H,18,24)(H,19,23)(H,21,22)/t14-/m0/s1. The number of nitrogens with zero attached hydrogens (tertiary/aromatic N) is 1. The zero-order valence-corrected chi connectivity index (χ0v) is 14.3. The Hall–Kier alpha value is -2.77. The molecule has 25 heavy (non-hydrogen) atoms. The highest BCUT2D eigenvalue weighted by molar-refractivity contribution is 5.97. The lowest BCUT2D eigenvalue weighted by Crippen LogP contribution is -2.49. The molecule has 136 valence electrons. The number of carboxylic acid groups (broad SMARTS) is 1. The Morgan fingerprint density at radius 2 is 2.12 bits per heavy atom. The fourth-order valence-corrected chi connectivity index (χ4v) is 2.65. The number of likely N-dealkylation sites (tertiary alicyclic amines) is 1. The van der Waals surface area contributed by atoms with Crippen LogP contribution < -0.4 is 15.4 Å². The van der Waals surface area contributed by atoms with E-state index in [1.165, 1.54) is 0 Å². The Balaban J connectivity index is 1.99. The summed E-state index contributed by atoms with van der Waals surface area (Å²) in [6, 6.07) is 5.72. The molecule has 0 unspecified atom stereocenters. The van der Waals surface area contributed by atoms with Crippen molar-refractivity contribution in [2.75, 3.05) is 18.5 Å². The topological polar surface area (TPSA) is 108 Å². The molecule has 8 nitrogen and oxygen atoms in total. The average Bonchev–Trinajstić information content (AvgIpc) is 3.02. The van der Waals surface area contributed by atoms with E-state index in [-0.39, 0.29) is 18.0 Å². The van der Waals surface area contributed by atoms with E-state index < -0.39 is 18.6 Å². The molecule has 1 heterocycles. The summed E-state index contributed by atoms with van der Waals surface area (Å²) in [6.07, 6.45) is 1.37. The second-order valence-corrected chi connectivity index (χ2v) is 6.16. The fraction of sp³-hybridized carbons (Fsp3) is 0.471. The van der Waals surface area contributed by atoms with Crippen LogP contribution in [0, 0.1) is 0 Å². The summed E-state index contributed by atoms with van der Waals surface area (Å²) in [5.41, 5.74) is 0.490. The van der Waals surface area contributed by atoms with Gasteiger partial charge >= 0.3 is 12.0 Å². The van der Waals surface area contributed by atoms with Crippen LogP contribution in [0.2, 0.25) is 0 Å². The number of amides is 3. The molecule has 1 aliphatic heterocycles. The summed E-state index contributed by atoms with van der Waals surface area (Å²) in [7, 11) is 0. The van der Waals surface area contributed by atoms with Gasteiger partial charge in [-0.15, -0.1) is 0 Å². The molecule has 8 heteroatoms. The minimum absolute atomic E-state index is 0.000114. The highest BCUT2D eigenvalue weighted by atomic mass is 16.5. The van der Waals surface area contributed by atoms with E-state index in [4.69, 9.17) is 9.84 Å². The number of anilines is 1. The number of carboxylic acids is 1. The predicted octanol–water partition coefficient (Wildman–Crippen LogP) is 1.67. The zero-order valence-electron chi connectivity index (χ0n) is 14.3. The number of nitrogens with one attached hydrogen (secondary N) is 2. The third-order valence-electron chi connectivity index (χ3n) is 3.69. The SMILES string of the molecule is CC(C)NC(=O)N1CCC[C@H]1C(=O)Nc1cccc(OCC(=O)O)c1. The highest BCUT2D eigenvalue weighted by Crippen LogP contribution is 2.21. The number of aliphatic carboxylic acids is 1. The molecule has 1 atom stereocenters. The van der Waals surface area contributed by atoms with Gasteiger partial charge < -0.3 is 25.4 Å². The van der Waals surface area contributed by atoms with Crippen molar-refractivity contribution in [2.45, 2.75) is 38.8 Å². The van der Waals surface area contributed by atoms with Crippen molar-refractivity contribution < 1.29 is 24.2 Å². The number of benzene rings is 1. The molecule has 3 amide bonds. The highest BCUT2D eigenvalue weighted by Gasteiger charge is 2.34. The second-order valence-electron chi connectivity index (χ2n) is 6.16. The summed E-state index contributed by atoms with van der Waals surface area (Å²) in [4.78, 5) is 36.8. The van der Waals surface area contributed by atoms with Crippen molar-refractivity contribution in [3.05, 3.63) is 24.3 Å². The number of hydrogen-bond donors (Lipinski definition) is 3. The molecule has 1 fully saturated rings. The predicted molar refractivity (Wildman–Crippen MR) is 91.6 cm³/mol. The molecule has 2 rings (SSSR count). The second kappa shape index (κ2) is 8.36. The maximum atomic E-state index is 12.5. The molecule has 1 aromatic carbocycles. The first-order valence-electron chi connectivity index (χ1n) is 8.19. The molecule has 0 bridgehead atoms. The van der Waals surface area contributed by atoms with Gasteiger partial charge in [-0.05, 0) is 38.8 Å². The van der Waals surface area contributed by atoms with Crippen LogP contribution in [-0.4, -0.2) is 53.1 Å². The quantitative estimate of drug-likeness (QED) is 0.724. The molecular formula is C17H23N3O5. The smallest absolute Gasteiger partial charge is 0.341 e. The van der Waals surface area contributed by atoms with Crippen molar-refractivity contribution in [2.24, 2.45) is 0 Å². The fourth-order valence-electron chi connectivity index (χ4n) is 2.65. The summed E-state index contributed by atoms with van der Waals surface area (Å²) in [6.45, 7) is 3.82. The molecule has 0 saturated carbocycles. The Bertz CT molecular complexity index is 647. The molecular weight excluding hydrogens is 326 g/mol. The van der Waals surface area contributed by atoms with E-state index in [0.717, 1.165) is 6.42 Å². The lowest BCUT2D eigenvalue weighted by Gasteiger charge is -2.25.